The second-order valence-electron chi connectivity index (χ2n) is 6.41. The molecule has 1 N–H and O–H groups in total. The zero-order valence-corrected chi connectivity index (χ0v) is 17.1. The van der Waals surface area contributed by atoms with Crippen molar-refractivity contribution in [3.05, 3.63) is 70.8 Å². The number of carbonyl (C=O) groups excluding carboxylic acids is 1. The molecule has 9 heteroatoms. The number of hydrogen-bond acceptors (Lipinski definition) is 5. The van der Waals surface area contributed by atoms with E-state index in [1.54, 1.807) is 54.9 Å². The highest BCUT2D eigenvalue weighted by Gasteiger charge is 2.18. The Bertz CT molecular complexity index is 1110. The molecule has 7 nitrogen and oxygen atoms in total. The molecule has 1 aromatic heterocycles. The minimum absolute atomic E-state index is 0.0482. The molecule has 0 unspecified atom stereocenters. The van der Waals surface area contributed by atoms with Gasteiger partial charge >= 0.3 is 0 Å². The van der Waals surface area contributed by atoms with E-state index in [-0.39, 0.29) is 16.8 Å². The summed E-state index contributed by atoms with van der Waals surface area (Å²) in [5.74, 6) is 0.195. The van der Waals surface area contributed by atoms with Gasteiger partial charge in [0.15, 0.2) is 9.84 Å². The van der Waals surface area contributed by atoms with Crippen LogP contribution in [0.1, 0.15) is 35.0 Å². The van der Waals surface area contributed by atoms with Crippen molar-refractivity contribution in [1.29, 1.82) is 0 Å². The zero-order chi connectivity index (χ0) is 20.5. The predicted octanol–water partition coefficient (Wildman–Crippen LogP) is 3.12. The van der Waals surface area contributed by atoms with Crippen molar-refractivity contribution < 1.29 is 13.2 Å². The van der Waals surface area contributed by atoms with E-state index in [1.807, 2.05) is 0 Å². The molecule has 0 saturated carbocycles. The minimum Gasteiger partial charge on any atom is -0.343 e. The number of carbonyl (C=O) groups is 1. The molecule has 3 aromatic rings. The maximum Gasteiger partial charge on any atom is 0.291 e. The number of hydrogen-bond donors (Lipinski definition) is 1. The Morgan fingerprint density at radius 3 is 2.29 bits per heavy atom. The number of halogens is 1. The van der Waals surface area contributed by atoms with Crippen molar-refractivity contribution in [2.45, 2.75) is 24.8 Å². The lowest BCUT2D eigenvalue weighted by molar-refractivity contribution is 0.0929. The van der Waals surface area contributed by atoms with E-state index in [1.165, 1.54) is 12.1 Å². The molecule has 146 valence electrons. The highest BCUT2D eigenvalue weighted by Crippen LogP contribution is 2.17. The van der Waals surface area contributed by atoms with E-state index >= 15 is 0 Å². The van der Waals surface area contributed by atoms with Crippen molar-refractivity contribution in [3.63, 3.8) is 0 Å². The van der Waals surface area contributed by atoms with Crippen LogP contribution in [0.4, 0.5) is 0 Å². The fraction of sp³-hybridized carbons (Fsp3) is 0.211. The number of amides is 1. The normalized spacial score (nSPS) is 12.6. The molecule has 0 aliphatic heterocycles. The van der Waals surface area contributed by atoms with Gasteiger partial charge in [-0.05, 0) is 55.8 Å². The molecule has 0 saturated heterocycles. The lowest BCUT2D eigenvalue weighted by Crippen LogP contribution is -2.27. The van der Waals surface area contributed by atoms with Gasteiger partial charge in [-0.25, -0.2) is 18.1 Å². The van der Waals surface area contributed by atoms with Crippen molar-refractivity contribution >= 4 is 27.3 Å². The summed E-state index contributed by atoms with van der Waals surface area (Å²) in [6, 6.07) is 13.1. The van der Waals surface area contributed by atoms with E-state index in [9.17, 15) is 13.2 Å². The number of nitrogens with one attached hydrogen (secondary N) is 1. The number of sulfone groups is 1. The average Bonchev–Trinajstić information content (AvgIpc) is 3.03. The van der Waals surface area contributed by atoms with Crippen LogP contribution < -0.4 is 5.32 Å². The van der Waals surface area contributed by atoms with Gasteiger partial charge in [-0.3, -0.25) is 4.79 Å². The standard InChI is InChI=1S/C19H19ClN4O3S/c1-12(14-4-10-17(11-5-14)28(3,26)27)21-19(25)18-22-13(2)24(23-18)16-8-6-15(20)7-9-16/h4-12H,1-3H3,(H,21,25)/t12-/m0/s1. The SMILES string of the molecule is Cc1nc(C(=O)N[C@@H](C)c2ccc(S(C)(=O)=O)cc2)nn1-c1ccc(Cl)cc1. The molecule has 0 spiro atoms. The number of benzene rings is 2. The van der Waals surface area contributed by atoms with Gasteiger partial charge in [0.25, 0.3) is 5.91 Å². The number of aromatic nitrogens is 3. The third kappa shape index (κ3) is 4.40. The quantitative estimate of drug-likeness (QED) is 0.687. The Balaban J connectivity index is 1.76. The zero-order valence-electron chi connectivity index (χ0n) is 15.5. The van der Waals surface area contributed by atoms with Crippen LogP contribution >= 0.6 is 11.6 Å². The van der Waals surface area contributed by atoms with Gasteiger partial charge in [0, 0.05) is 11.3 Å². The average molecular weight is 419 g/mol. The first kappa shape index (κ1) is 20.0. The molecule has 2 aromatic carbocycles. The van der Waals surface area contributed by atoms with Crippen molar-refractivity contribution in [3.8, 4) is 5.69 Å². The highest BCUT2D eigenvalue weighted by atomic mass is 35.5. The maximum atomic E-state index is 12.5. The highest BCUT2D eigenvalue weighted by molar-refractivity contribution is 7.90. The molecular formula is C19H19ClN4O3S. The summed E-state index contributed by atoms with van der Waals surface area (Å²) in [6.07, 6.45) is 1.15. The summed E-state index contributed by atoms with van der Waals surface area (Å²) in [6.45, 7) is 3.56. The Labute approximate surface area is 168 Å². The second-order valence-corrected chi connectivity index (χ2v) is 8.86. The summed E-state index contributed by atoms with van der Waals surface area (Å²) in [5.41, 5.74) is 1.52. The van der Waals surface area contributed by atoms with Crippen LogP contribution in [0, 0.1) is 6.92 Å². The van der Waals surface area contributed by atoms with Crippen molar-refractivity contribution in [1.82, 2.24) is 20.1 Å². The van der Waals surface area contributed by atoms with Crippen molar-refractivity contribution in [2.24, 2.45) is 0 Å². The Kier molecular flexibility index (Phi) is 5.53. The van der Waals surface area contributed by atoms with Crippen LogP contribution in [-0.2, 0) is 9.84 Å². The van der Waals surface area contributed by atoms with E-state index in [0.717, 1.165) is 17.5 Å². The van der Waals surface area contributed by atoms with Gasteiger partial charge in [0.05, 0.1) is 16.6 Å². The third-order valence-electron chi connectivity index (χ3n) is 4.20. The van der Waals surface area contributed by atoms with Gasteiger partial charge in [-0.1, -0.05) is 23.7 Å². The molecule has 0 radical (unpaired) electrons. The molecule has 1 heterocycles. The largest absolute Gasteiger partial charge is 0.343 e. The number of nitrogens with zero attached hydrogens (tertiary/aromatic N) is 3. The van der Waals surface area contributed by atoms with Gasteiger partial charge in [-0.15, -0.1) is 5.10 Å². The fourth-order valence-corrected chi connectivity index (χ4v) is 3.42. The van der Waals surface area contributed by atoms with E-state index in [4.69, 9.17) is 11.6 Å². The summed E-state index contributed by atoms with van der Waals surface area (Å²) < 4.78 is 24.7. The fourth-order valence-electron chi connectivity index (χ4n) is 2.66. The van der Waals surface area contributed by atoms with Crippen LogP contribution in [0.25, 0.3) is 5.69 Å². The first-order valence-corrected chi connectivity index (χ1v) is 10.7. The second kappa shape index (κ2) is 7.73. The van der Waals surface area contributed by atoms with Crippen LogP contribution in [0.2, 0.25) is 5.02 Å². The van der Waals surface area contributed by atoms with Crippen LogP contribution in [0.5, 0.6) is 0 Å². The first-order valence-electron chi connectivity index (χ1n) is 8.45. The summed E-state index contributed by atoms with van der Waals surface area (Å²) in [4.78, 5) is 17.0. The van der Waals surface area contributed by atoms with E-state index in [2.05, 4.69) is 15.4 Å². The number of rotatable bonds is 5. The molecule has 0 fully saturated rings. The Morgan fingerprint density at radius 2 is 1.71 bits per heavy atom. The van der Waals surface area contributed by atoms with E-state index < -0.39 is 15.7 Å². The van der Waals surface area contributed by atoms with Gasteiger partial charge in [0.1, 0.15) is 5.82 Å². The maximum absolute atomic E-state index is 12.5. The van der Waals surface area contributed by atoms with Crippen LogP contribution in [-0.4, -0.2) is 35.3 Å². The molecule has 1 atom stereocenters. The molecular weight excluding hydrogens is 400 g/mol. The van der Waals surface area contributed by atoms with Gasteiger partial charge < -0.3 is 5.32 Å². The smallest absolute Gasteiger partial charge is 0.291 e. The molecule has 0 aliphatic carbocycles. The Hall–Kier alpha value is -2.71. The van der Waals surface area contributed by atoms with E-state index in [0.29, 0.717) is 10.8 Å². The van der Waals surface area contributed by atoms with Gasteiger partial charge in [-0.2, -0.15) is 0 Å². The molecule has 3 rings (SSSR count). The molecule has 28 heavy (non-hydrogen) atoms. The topological polar surface area (TPSA) is 93.9 Å². The van der Waals surface area contributed by atoms with Crippen LogP contribution in [0.3, 0.4) is 0 Å². The molecule has 0 aliphatic rings. The lowest BCUT2D eigenvalue weighted by atomic mass is 10.1. The van der Waals surface area contributed by atoms with Crippen LogP contribution in [0.15, 0.2) is 53.4 Å². The van der Waals surface area contributed by atoms with Crippen molar-refractivity contribution in [2.75, 3.05) is 6.26 Å². The first-order chi connectivity index (χ1) is 13.1. The van der Waals surface area contributed by atoms with Gasteiger partial charge in [0.2, 0.25) is 5.82 Å². The number of aryl methyl sites for hydroxylation is 1. The third-order valence-corrected chi connectivity index (χ3v) is 5.58. The molecule has 1 amide bonds. The predicted molar refractivity (Wildman–Crippen MR) is 107 cm³/mol. The summed E-state index contributed by atoms with van der Waals surface area (Å²) in [7, 11) is -3.26. The monoisotopic (exact) mass is 418 g/mol. The lowest BCUT2D eigenvalue weighted by Gasteiger charge is -2.13. The minimum atomic E-state index is -3.26. The molecule has 0 bridgehead atoms. The Morgan fingerprint density at radius 1 is 1.11 bits per heavy atom. The summed E-state index contributed by atoms with van der Waals surface area (Å²) in [5, 5.41) is 7.70. The summed E-state index contributed by atoms with van der Waals surface area (Å²) >= 11 is 5.90.